The second-order valence-electron chi connectivity index (χ2n) is 5.12. The van der Waals surface area contributed by atoms with E-state index >= 15 is 0 Å². The van der Waals surface area contributed by atoms with Gasteiger partial charge in [0, 0.05) is 26.2 Å². The van der Waals surface area contributed by atoms with E-state index in [1.54, 1.807) is 0 Å². The first-order valence-corrected chi connectivity index (χ1v) is 7.17. The summed E-state index contributed by atoms with van der Waals surface area (Å²) in [5, 5.41) is 9.03. The lowest BCUT2D eigenvalue weighted by atomic mass is 10.3. The smallest absolute Gasteiger partial charge is 0.147 e. The number of nitrogens with zero attached hydrogens (tertiary/aromatic N) is 4. The number of aromatic nitrogens is 2. The van der Waals surface area contributed by atoms with E-state index in [1.807, 2.05) is 30.5 Å². The number of aliphatic hydroxyl groups is 1. The molecule has 0 unspecified atom stereocenters. The molecule has 2 heterocycles. The van der Waals surface area contributed by atoms with Crippen LogP contribution in [0.1, 0.15) is 6.42 Å². The van der Waals surface area contributed by atoms with E-state index < -0.39 is 0 Å². The third-order valence-electron chi connectivity index (χ3n) is 3.76. The maximum Gasteiger partial charge on any atom is 0.147 e. The van der Waals surface area contributed by atoms with Crippen LogP contribution >= 0.6 is 0 Å². The van der Waals surface area contributed by atoms with Gasteiger partial charge in [-0.3, -0.25) is 9.88 Å². The Bertz CT molecular complexity index is 575. The molecule has 1 aliphatic rings. The van der Waals surface area contributed by atoms with Crippen LogP contribution in [0.2, 0.25) is 0 Å². The summed E-state index contributed by atoms with van der Waals surface area (Å²) in [6.45, 7) is 4.93. The van der Waals surface area contributed by atoms with Crippen LogP contribution in [0, 0.1) is 0 Å². The highest BCUT2D eigenvalue weighted by Crippen LogP contribution is 2.16. The van der Waals surface area contributed by atoms with Crippen LogP contribution < -0.4 is 4.90 Å². The molecular formula is C15H20N4O. The third-order valence-corrected chi connectivity index (χ3v) is 3.76. The first-order valence-electron chi connectivity index (χ1n) is 7.17. The van der Waals surface area contributed by atoms with Crippen molar-refractivity contribution >= 4 is 16.9 Å². The monoisotopic (exact) mass is 272 g/mol. The number of benzene rings is 1. The van der Waals surface area contributed by atoms with E-state index in [1.165, 1.54) is 0 Å². The summed E-state index contributed by atoms with van der Waals surface area (Å²) in [5.74, 6) is 0.953. The second-order valence-corrected chi connectivity index (χ2v) is 5.12. The molecule has 5 nitrogen and oxygen atoms in total. The minimum absolute atomic E-state index is 0.232. The lowest BCUT2D eigenvalue weighted by Gasteiger charge is -2.22. The fourth-order valence-corrected chi connectivity index (χ4v) is 2.66. The number of aliphatic hydroxyl groups excluding tert-OH is 1. The number of rotatable bonds is 3. The highest BCUT2D eigenvalue weighted by Gasteiger charge is 2.16. The normalized spacial score (nSPS) is 17.4. The van der Waals surface area contributed by atoms with Gasteiger partial charge in [0.2, 0.25) is 0 Å². The molecule has 0 atom stereocenters. The summed E-state index contributed by atoms with van der Waals surface area (Å²) in [5.41, 5.74) is 1.88. The number of para-hydroxylation sites is 2. The third kappa shape index (κ3) is 2.89. The SMILES string of the molecule is OCCN1CCCN(c2cnc3ccccc3n2)CC1. The van der Waals surface area contributed by atoms with Crippen LogP contribution in [0.25, 0.3) is 11.0 Å². The topological polar surface area (TPSA) is 52.5 Å². The molecule has 1 fully saturated rings. The van der Waals surface area contributed by atoms with Crippen molar-refractivity contribution in [3.05, 3.63) is 30.5 Å². The highest BCUT2D eigenvalue weighted by molar-refractivity contribution is 5.75. The van der Waals surface area contributed by atoms with E-state index in [-0.39, 0.29) is 6.61 Å². The van der Waals surface area contributed by atoms with Gasteiger partial charge in [-0.05, 0) is 25.1 Å². The van der Waals surface area contributed by atoms with Crippen LogP contribution in [0.15, 0.2) is 30.5 Å². The van der Waals surface area contributed by atoms with Gasteiger partial charge in [0.25, 0.3) is 0 Å². The molecule has 0 amide bonds. The van der Waals surface area contributed by atoms with Crippen LogP contribution in [0.5, 0.6) is 0 Å². The molecule has 0 saturated carbocycles. The Morgan fingerprint density at radius 3 is 2.75 bits per heavy atom. The van der Waals surface area contributed by atoms with Crippen molar-refractivity contribution in [2.75, 3.05) is 44.2 Å². The van der Waals surface area contributed by atoms with Gasteiger partial charge in [-0.25, -0.2) is 4.98 Å². The minimum Gasteiger partial charge on any atom is -0.395 e. The van der Waals surface area contributed by atoms with E-state index in [4.69, 9.17) is 10.1 Å². The van der Waals surface area contributed by atoms with Crippen molar-refractivity contribution < 1.29 is 5.11 Å². The fraction of sp³-hybridized carbons (Fsp3) is 0.467. The number of fused-ring (bicyclic) bond motifs is 1. The summed E-state index contributed by atoms with van der Waals surface area (Å²) >= 11 is 0. The Morgan fingerprint density at radius 1 is 1.05 bits per heavy atom. The van der Waals surface area contributed by atoms with Gasteiger partial charge in [0.1, 0.15) is 5.82 Å². The molecule has 1 aromatic carbocycles. The molecule has 1 saturated heterocycles. The zero-order valence-corrected chi connectivity index (χ0v) is 11.6. The molecule has 0 spiro atoms. The van der Waals surface area contributed by atoms with Crippen molar-refractivity contribution in [1.82, 2.24) is 14.9 Å². The first-order chi connectivity index (χ1) is 9.86. The summed E-state index contributed by atoms with van der Waals surface area (Å²) in [6, 6.07) is 7.96. The molecule has 1 aliphatic heterocycles. The Hall–Kier alpha value is -1.72. The molecule has 0 radical (unpaired) electrons. The van der Waals surface area contributed by atoms with E-state index in [0.29, 0.717) is 0 Å². The average Bonchev–Trinajstić information content (AvgIpc) is 2.73. The van der Waals surface area contributed by atoms with E-state index in [0.717, 1.165) is 56.0 Å². The van der Waals surface area contributed by atoms with Gasteiger partial charge in [-0.15, -0.1) is 0 Å². The van der Waals surface area contributed by atoms with Crippen molar-refractivity contribution in [3.63, 3.8) is 0 Å². The molecule has 1 aromatic heterocycles. The lowest BCUT2D eigenvalue weighted by molar-refractivity contribution is 0.204. The molecule has 106 valence electrons. The van der Waals surface area contributed by atoms with E-state index in [9.17, 15) is 0 Å². The number of β-amino-alcohol motifs (C(OH)–C–C–N with tert-alkyl or cyclic N) is 1. The summed E-state index contributed by atoms with van der Waals surface area (Å²) in [4.78, 5) is 13.8. The lowest BCUT2D eigenvalue weighted by Crippen LogP contribution is -2.32. The minimum atomic E-state index is 0.232. The zero-order chi connectivity index (χ0) is 13.8. The second kappa shape index (κ2) is 6.15. The van der Waals surface area contributed by atoms with Gasteiger partial charge in [0.15, 0.2) is 0 Å². The van der Waals surface area contributed by atoms with Crippen LogP contribution in [-0.4, -0.2) is 59.3 Å². The van der Waals surface area contributed by atoms with Gasteiger partial charge < -0.3 is 10.0 Å². The number of hydrogen-bond acceptors (Lipinski definition) is 5. The average molecular weight is 272 g/mol. The standard InChI is InChI=1S/C15H20N4O/c20-11-10-18-6-3-7-19(9-8-18)15-12-16-13-4-1-2-5-14(13)17-15/h1-2,4-5,12,20H,3,6-11H2. The Morgan fingerprint density at radius 2 is 1.90 bits per heavy atom. The van der Waals surface area contributed by atoms with E-state index in [2.05, 4.69) is 14.8 Å². The van der Waals surface area contributed by atoms with Crippen molar-refractivity contribution in [3.8, 4) is 0 Å². The summed E-state index contributed by atoms with van der Waals surface area (Å²) in [7, 11) is 0. The predicted octanol–water partition coefficient (Wildman–Crippen LogP) is 1.13. The quantitative estimate of drug-likeness (QED) is 0.908. The number of anilines is 1. The molecule has 3 rings (SSSR count). The Labute approximate surface area is 118 Å². The summed E-state index contributed by atoms with van der Waals surface area (Å²) in [6.07, 6.45) is 2.96. The molecule has 1 N–H and O–H groups in total. The van der Waals surface area contributed by atoms with Crippen LogP contribution in [-0.2, 0) is 0 Å². The van der Waals surface area contributed by atoms with Crippen LogP contribution in [0.3, 0.4) is 0 Å². The largest absolute Gasteiger partial charge is 0.395 e. The molecular weight excluding hydrogens is 252 g/mol. The molecule has 0 bridgehead atoms. The Kier molecular flexibility index (Phi) is 4.08. The predicted molar refractivity (Wildman–Crippen MR) is 79.9 cm³/mol. The van der Waals surface area contributed by atoms with Crippen molar-refractivity contribution in [2.45, 2.75) is 6.42 Å². The molecule has 2 aromatic rings. The first kappa shape index (κ1) is 13.3. The molecule has 5 heteroatoms. The van der Waals surface area contributed by atoms with Gasteiger partial charge >= 0.3 is 0 Å². The maximum absolute atomic E-state index is 9.03. The molecule has 20 heavy (non-hydrogen) atoms. The van der Waals surface area contributed by atoms with Gasteiger partial charge in [-0.2, -0.15) is 0 Å². The van der Waals surface area contributed by atoms with Gasteiger partial charge in [0.05, 0.1) is 23.8 Å². The van der Waals surface area contributed by atoms with Crippen LogP contribution in [0.4, 0.5) is 5.82 Å². The maximum atomic E-state index is 9.03. The number of hydrogen-bond donors (Lipinski definition) is 1. The Balaban J connectivity index is 1.77. The summed E-state index contributed by atoms with van der Waals surface area (Å²) < 4.78 is 0. The zero-order valence-electron chi connectivity index (χ0n) is 11.6. The fourth-order valence-electron chi connectivity index (χ4n) is 2.66. The van der Waals surface area contributed by atoms with Crippen molar-refractivity contribution in [1.29, 1.82) is 0 Å². The molecule has 0 aliphatic carbocycles. The highest BCUT2D eigenvalue weighted by atomic mass is 16.3. The van der Waals surface area contributed by atoms with Gasteiger partial charge in [-0.1, -0.05) is 12.1 Å². The van der Waals surface area contributed by atoms with Crippen molar-refractivity contribution in [2.24, 2.45) is 0 Å².